The Bertz CT molecular complexity index is 791. The first-order valence-electron chi connectivity index (χ1n) is 7.38. The number of benzene rings is 2. The maximum Gasteiger partial charge on any atom is 0.337 e. The Labute approximate surface area is 142 Å². The third kappa shape index (κ3) is 4.56. The van der Waals surface area contributed by atoms with Crippen LogP contribution in [0, 0.1) is 0 Å². The van der Waals surface area contributed by atoms with Crippen LogP contribution in [-0.4, -0.2) is 41.6 Å². The number of likely N-dealkylation sites (N-methyl/N-ethyl adjacent to an activating group) is 1. The smallest absolute Gasteiger partial charge is 0.337 e. The molecule has 0 aliphatic carbocycles. The first kappa shape index (κ1) is 18.0. The zero-order chi connectivity index (χ0) is 17.6. The lowest BCUT2D eigenvalue weighted by Gasteiger charge is -2.19. The second kappa shape index (κ2) is 7.94. The quantitative estimate of drug-likeness (QED) is 0.774. The van der Waals surface area contributed by atoms with E-state index in [2.05, 4.69) is 9.46 Å². The van der Waals surface area contributed by atoms with Gasteiger partial charge in [0.25, 0.3) is 0 Å². The van der Waals surface area contributed by atoms with E-state index in [0.29, 0.717) is 6.54 Å². The highest BCUT2D eigenvalue weighted by Crippen LogP contribution is 2.13. The maximum atomic E-state index is 12.3. The van der Waals surface area contributed by atoms with Crippen LogP contribution >= 0.6 is 0 Å². The van der Waals surface area contributed by atoms with Crippen LogP contribution in [0.2, 0.25) is 0 Å². The van der Waals surface area contributed by atoms with Crippen molar-refractivity contribution in [3.8, 4) is 0 Å². The number of esters is 1. The summed E-state index contributed by atoms with van der Waals surface area (Å²) in [5.74, 6) is -0.573. The summed E-state index contributed by atoms with van der Waals surface area (Å²) in [6.45, 7) is 0.760. The van der Waals surface area contributed by atoms with E-state index in [1.807, 2.05) is 42.3 Å². The van der Waals surface area contributed by atoms with Crippen LogP contribution in [0.5, 0.6) is 0 Å². The summed E-state index contributed by atoms with van der Waals surface area (Å²) in [7, 11) is -0.545. The van der Waals surface area contributed by atoms with E-state index in [4.69, 9.17) is 0 Å². The van der Waals surface area contributed by atoms with E-state index in [-0.39, 0.29) is 17.0 Å². The number of para-hydroxylation sites is 1. The van der Waals surface area contributed by atoms with E-state index in [1.54, 1.807) is 0 Å². The number of sulfonamides is 1. The molecule has 1 N–H and O–H groups in total. The molecule has 0 bridgehead atoms. The van der Waals surface area contributed by atoms with Gasteiger partial charge >= 0.3 is 5.97 Å². The van der Waals surface area contributed by atoms with Gasteiger partial charge in [-0.25, -0.2) is 17.9 Å². The van der Waals surface area contributed by atoms with Gasteiger partial charge in [0.15, 0.2) is 0 Å². The van der Waals surface area contributed by atoms with Crippen LogP contribution < -0.4 is 9.62 Å². The molecule has 2 aromatic carbocycles. The third-order valence-corrected chi connectivity index (χ3v) is 4.96. The van der Waals surface area contributed by atoms with Crippen LogP contribution in [0.3, 0.4) is 0 Å². The molecule has 2 aromatic rings. The summed E-state index contributed by atoms with van der Waals surface area (Å²) in [6.07, 6.45) is 0. The fourth-order valence-corrected chi connectivity index (χ4v) is 3.22. The molecule has 7 heteroatoms. The number of carbonyl (C=O) groups excluding carboxylic acids is 1. The standard InChI is InChI=1S/C17H20N2O4S/c1-19(15-8-4-3-5-9-15)12-11-18-24(21,22)16-10-6-7-14(13-16)17(20)23-2/h3-10,13,18H,11-12H2,1-2H3. The zero-order valence-corrected chi connectivity index (χ0v) is 14.4. The van der Waals surface area contributed by atoms with Crippen molar-refractivity contribution in [2.45, 2.75) is 4.90 Å². The predicted molar refractivity (Wildman–Crippen MR) is 92.7 cm³/mol. The molecular formula is C17H20N2O4S. The van der Waals surface area contributed by atoms with E-state index >= 15 is 0 Å². The molecule has 128 valence electrons. The minimum Gasteiger partial charge on any atom is -0.465 e. The molecule has 0 radical (unpaired) electrons. The molecule has 0 spiro atoms. The van der Waals surface area contributed by atoms with Crippen molar-refractivity contribution in [2.75, 3.05) is 32.1 Å². The van der Waals surface area contributed by atoms with Gasteiger partial charge in [0.05, 0.1) is 17.6 Å². The summed E-state index contributed by atoms with van der Waals surface area (Å²) in [4.78, 5) is 13.5. The lowest BCUT2D eigenvalue weighted by atomic mass is 10.2. The van der Waals surface area contributed by atoms with E-state index in [9.17, 15) is 13.2 Å². The largest absolute Gasteiger partial charge is 0.465 e. The van der Waals surface area contributed by atoms with Crippen LogP contribution in [0.4, 0.5) is 5.69 Å². The summed E-state index contributed by atoms with van der Waals surface area (Å²) < 4.78 is 31.8. The first-order valence-corrected chi connectivity index (χ1v) is 8.86. The van der Waals surface area contributed by atoms with Gasteiger partial charge in [-0.3, -0.25) is 0 Å². The SMILES string of the molecule is COC(=O)c1cccc(S(=O)(=O)NCCN(C)c2ccccc2)c1. The number of carbonyl (C=O) groups is 1. The minimum atomic E-state index is -3.69. The molecule has 0 aliphatic heterocycles. The lowest BCUT2D eigenvalue weighted by molar-refractivity contribution is 0.0600. The Morgan fingerprint density at radius 1 is 1.12 bits per heavy atom. The molecule has 0 fully saturated rings. The predicted octanol–water partition coefficient (Wildman–Crippen LogP) is 1.89. The molecule has 0 aliphatic rings. The number of hydrogen-bond donors (Lipinski definition) is 1. The molecule has 0 unspecified atom stereocenters. The van der Waals surface area contributed by atoms with Crippen molar-refractivity contribution in [3.63, 3.8) is 0 Å². The number of nitrogens with one attached hydrogen (secondary N) is 1. The maximum absolute atomic E-state index is 12.3. The first-order chi connectivity index (χ1) is 11.4. The van der Waals surface area contributed by atoms with Gasteiger partial charge < -0.3 is 9.64 Å². The zero-order valence-electron chi connectivity index (χ0n) is 13.6. The highest BCUT2D eigenvalue weighted by Gasteiger charge is 2.16. The fraction of sp³-hybridized carbons (Fsp3) is 0.235. The van der Waals surface area contributed by atoms with Crippen molar-refractivity contribution in [2.24, 2.45) is 0 Å². The Morgan fingerprint density at radius 3 is 2.50 bits per heavy atom. The van der Waals surface area contributed by atoms with Crippen molar-refractivity contribution in [1.29, 1.82) is 0 Å². The number of methoxy groups -OCH3 is 1. The third-order valence-electron chi connectivity index (χ3n) is 3.50. The molecule has 2 rings (SSSR count). The van der Waals surface area contributed by atoms with Gasteiger partial charge in [-0.1, -0.05) is 24.3 Å². The average Bonchev–Trinajstić information content (AvgIpc) is 2.61. The highest BCUT2D eigenvalue weighted by atomic mass is 32.2. The topological polar surface area (TPSA) is 75.7 Å². The van der Waals surface area contributed by atoms with Gasteiger partial charge in [-0.15, -0.1) is 0 Å². The number of hydrogen-bond acceptors (Lipinski definition) is 5. The van der Waals surface area contributed by atoms with Crippen LogP contribution in [0.15, 0.2) is 59.5 Å². The molecule has 6 nitrogen and oxygen atoms in total. The molecule has 0 saturated carbocycles. The van der Waals surface area contributed by atoms with Gasteiger partial charge in [-0.05, 0) is 30.3 Å². The van der Waals surface area contributed by atoms with Gasteiger partial charge in [0.1, 0.15) is 0 Å². The van der Waals surface area contributed by atoms with E-state index in [0.717, 1.165) is 5.69 Å². The normalized spacial score (nSPS) is 11.1. The Balaban J connectivity index is 2.00. The summed E-state index contributed by atoms with van der Waals surface area (Å²) in [5, 5.41) is 0. The summed E-state index contributed by atoms with van der Waals surface area (Å²) in [5.41, 5.74) is 1.20. The van der Waals surface area contributed by atoms with Crippen molar-refractivity contribution < 1.29 is 17.9 Å². The molecule has 0 aromatic heterocycles. The van der Waals surface area contributed by atoms with E-state index in [1.165, 1.54) is 31.4 Å². The van der Waals surface area contributed by atoms with Crippen LogP contribution in [0.1, 0.15) is 10.4 Å². The van der Waals surface area contributed by atoms with Gasteiger partial charge in [0, 0.05) is 25.8 Å². The monoisotopic (exact) mass is 348 g/mol. The second-order valence-corrected chi connectivity index (χ2v) is 6.94. The molecule has 24 heavy (non-hydrogen) atoms. The number of anilines is 1. The van der Waals surface area contributed by atoms with Gasteiger partial charge in [0.2, 0.25) is 10.0 Å². The van der Waals surface area contributed by atoms with E-state index < -0.39 is 16.0 Å². The lowest BCUT2D eigenvalue weighted by Crippen LogP contribution is -2.33. The van der Waals surface area contributed by atoms with Gasteiger partial charge in [-0.2, -0.15) is 0 Å². The number of ether oxygens (including phenoxy) is 1. The van der Waals surface area contributed by atoms with Crippen molar-refractivity contribution >= 4 is 21.7 Å². The molecule has 0 atom stereocenters. The van der Waals surface area contributed by atoms with Crippen molar-refractivity contribution in [1.82, 2.24) is 4.72 Å². The highest BCUT2D eigenvalue weighted by molar-refractivity contribution is 7.89. The number of nitrogens with zero attached hydrogens (tertiary/aromatic N) is 1. The Kier molecular flexibility index (Phi) is 5.94. The second-order valence-electron chi connectivity index (χ2n) is 5.17. The molecule has 0 amide bonds. The van der Waals surface area contributed by atoms with Crippen LogP contribution in [0.25, 0.3) is 0 Å². The summed E-state index contributed by atoms with van der Waals surface area (Å²) in [6, 6.07) is 15.4. The Morgan fingerprint density at radius 2 is 1.83 bits per heavy atom. The molecular weight excluding hydrogens is 328 g/mol. The Hall–Kier alpha value is -2.38. The number of rotatable bonds is 7. The molecule has 0 heterocycles. The summed E-state index contributed by atoms with van der Waals surface area (Å²) >= 11 is 0. The fourth-order valence-electron chi connectivity index (χ4n) is 2.15. The minimum absolute atomic E-state index is 0.0350. The average molecular weight is 348 g/mol. The van der Waals surface area contributed by atoms with Crippen LogP contribution in [-0.2, 0) is 14.8 Å². The van der Waals surface area contributed by atoms with Crippen molar-refractivity contribution in [3.05, 3.63) is 60.2 Å². The molecule has 0 saturated heterocycles.